The van der Waals surface area contributed by atoms with Crippen molar-refractivity contribution in [3.8, 4) is 6.07 Å². The molecule has 0 fully saturated rings. The highest BCUT2D eigenvalue weighted by Crippen LogP contribution is 2.30. The van der Waals surface area contributed by atoms with E-state index in [0.29, 0.717) is 21.3 Å². The van der Waals surface area contributed by atoms with Gasteiger partial charge in [0.1, 0.15) is 6.07 Å². The molecule has 0 heterocycles. The van der Waals surface area contributed by atoms with Gasteiger partial charge in [-0.1, -0.05) is 23.2 Å². The lowest BCUT2D eigenvalue weighted by Crippen LogP contribution is -2.21. The summed E-state index contributed by atoms with van der Waals surface area (Å²) in [4.78, 5) is 0. The third-order valence-electron chi connectivity index (χ3n) is 1.99. The van der Waals surface area contributed by atoms with Crippen LogP contribution in [0.1, 0.15) is 5.56 Å². The second kappa shape index (κ2) is 5.53. The summed E-state index contributed by atoms with van der Waals surface area (Å²) in [6.45, 7) is 1.76. The van der Waals surface area contributed by atoms with Crippen LogP contribution in [0.4, 0.5) is 5.69 Å². The van der Waals surface area contributed by atoms with E-state index in [9.17, 15) is 0 Å². The molecule has 7 heteroatoms. The maximum absolute atomic E-state index is 8.65. The third kappa shape index (κ3) is 3.09. The van der Waals surface area contributed by atoms with Crippen molar-refractivity contribution in [2.45, 2.75) is 6.92 Å². The first-order valence-corrected chi connectivity index (χ1v) is 5.25. The Bertz CT molecular complexity index is 530. The number of halogens is 2. The molecule has 0 spiro atoms. The SMILES string of the molecule is Cc1c(N/N=C(\C#N)C(=N)N)ccc(Cl)c1Cl. The largest absolute Gasteiger partial charge is 0.382 e. The van der Waals surface area contributed by atoms with Gasteiger partial charge in [-0.25, -0.2) is 0 Å². The number of nitrogens with zero attached hydrogens (tertiary/aromatic N) is 2. The number of hydrogen-bond acceptors (Lipinski definition) is 4. The van der Waals surface area contributed by atoms with Gasteiger partial charge in [-0.05, 0) is 24.6 Å². The monoisotopic (exact) mass is 269 g/mol. The van der Waals surface area contributed by atoms with E-state index in [2.05, 4.69) is 10.5 Å². The van der Waals surface area contributed by atoms with E-state index in [4.69, 9.17) is 39.6 Å². The minimum absolute atomic E-state index is 0.199. The van der Waals surface area contributed by atoms with E-state index >= 15 is 0 Å². The summed E-state index contributed by atoms with van der Waals surface area (Å²) in [5.41, 5.74) is 8.85. The van der Waals surface area contributed by atoms with E-state index in [-0.39, 0.29) is 5.71 Å². The van der Waals surface area contributed by atoms with Crippen LogP contribution in [0, 0.1) is 23.7 Å². The molecule has 0 aliphatic rings. The smallest absolute Gasteiger partial charge is 0.201 e. The molecule has 0 unspecified atom stereocenters. The van der Waals surface area contributed by atoms with Gasteiger partial charge in [-0.2, -0.15) is 10.4 Å². The Kier molecular flexibility index (Phi) is 4.32. The molecule has 0 bridgehead atoms. The van der Waals surface area contributed by atoms with Crippen molar-refractivity contribution in [3.63, 3.8) is 0 Å². The summed E-state index contributed by atoms with van der Waals surface area (Å²) in [7, 11) is 0. The van der Waals surface area contributed by atoms with Crippen LogP contribution in [0.25, 0.3) is 0 Å². The second-order valence-electron chi connectivity index (χ2n) is 3.13. The van der Waals surface area contributed by atoms with Gasteiger partial charge in [0.2, 0.25) is 5.71 Å². The molecule has 0 saturated carbocycles. The summed E-state index contributed by atoms with van der Waals surface area (Å²) >= 11 is 11.8. The third-order valence-corrected chi connectivity index (χ3v) is 2.89. The molecule has 4 N–H and O–H groups in total. The number of nitrogens with two attached hydrogens (primary N) is 1. The Hall–Kier alpha value is -1.77. The highest BCUT2D eigenvalue weighted by molar-refractivity contribution is 6.46. The molecule has 0 saturated heterocycles. The summed E-state index contributed by atoms with van der Waals surface area (Å²) in [5, 5.41) is 20.3. The quantitative estimate of drug-likeness (QED) is 0.447. The number of nitriles is 1. The minimum atomic E-state index is -0.405. The van der Waals surface area contributed by atoms with Crippen molar-refractivity contribution >= 4 is 40.4 Å². The van der Waals surface area contributed by atoms with Crippen LogP contribution in [0.2, 0.25) is 10.0 Å². The molecule has 0 aromatic heterocycles. The number of anilines is 1. The zero-order valence-electron chi connectivity index (χ0n) is 8.88. The lowest BCUT2D eigenvalue weighted by Gasteiger charge is -2.08. The normalized spacial score (nSPS) is 10.8. The molecule has 1 aromatic carbocycles. The first-order chi connectivity index (χ1) is 7.97. The van der Waals surface area contributed by atoms with Gasteiger partial charge < -0.3 is 5.73 Å². The standard InChI is InChI=1S/C10H9Cl2N5/c1-5-7(3-2-6(11)9(5)12)16-17-8(4-13)10(14)15/h2-3,16H,1H3,(H3,14,15)/b17-8+. The molecule has 0 aliphatic heterocycles. The van der Waals surface area contributed by atoms with Crippen molar-refractivity contribution < 1.29 is 0 Å². The summed E-state index contributed by atoms with van der Waals surface area (Å²) in [5.74, 6) is -0.405. The molecule has 0 radical (unpaired) electrons. The van der Waals surface area contributed by atoms with Crippen LogP contribution in [0.15, 0.2) is 17.2 Å². The maximum Gasteiger partial charge on any atom is 0.201 e. The fourth-order valence-electron chi connectivity index (χ4n) is 1.03. The number of benzene rings is 1. The highest BCUT2D eigenvalue weighted by atomic mass is 35.5. The zero-order valence-corrected chi connectivity index (χ0v) is 10.4. The predicted octanol–water partition coefficient (Wildman–Crippen LogP) is 2.53. The zero-order chi connectivity index (χ0) is 13.0. The van der Waals surface area contributed by atoms with Gasteiger partial charge in [0.15, 0.2) is 5.84 Å². The van der Waals surface area contributed by atoms with E-state index < -0.39 is 5.84 Å². The van der Waals surface area contributed by atoms with Crippen LogP contribution >= 0.6 is 23.2 Å². The summed E-state index contributed by atoms with van der Waals surface area (Å²) in [6.07, 6.45) is 0. The Labute approximate surface area is 108 Å². The average molecular weight is 270 g/mol. The number of nitrogens with one attached hydrogen (secondary N) is 2. The van der Waals surface area contributed by atoms with Crippen LogP contribution in [0.3, 0.4) is 0 Å². The van der Waals surface area contributed by atoms with Gasteiger partial charge >= 0.3 is 0 Å². The Morgan fingerprint density at radius 1 is 1.53 bits per heavy atom. The molecule has 0 aliphatic carbocycles. The van der Waals surface area contributed by atoms with Crippen molar-refractivity contribution in [2.24, 2.45) is 10.8 Å². The average Bonchev–Trinajstić information content (AvgIpc) is 2.29. The first-order valence-electron chi connectivity index (χ1n) is 4.50. The van der Waals surface area contributed by atoms with Crippen LogP contribution in [0.5, 0.6) is 0 Å². The Morgan fingerprint density at radius 3 is 2.71 bits per heavy atom. The van der Waals surface area contributed by atoms with E-state index in [1.54, 1.807) is 25.1 Å². The lowest BCUT2D eigenvalue weighted by molar-refractivity contribution is 1.30. The molecule has 17 heavy (non-hydrogen) atoms. The molecule has 0 atom stereocenters. The van der Waals surface area contributed by atoms with Gasteiger partial charge in [-0.15, -0.1) is 0 Å². The number of amidine groups is 1. The van der Waals surface area contributed by atoms with Gasteiger partial charge in [0.25, 0.3) is 0 Å². The van der Waals surface area contributed by atoms with Crippen molar-refractivity contribution in [3.05, 3.63) is 27.7 Å². The van der Waals surface area contributed by atoms with E-state index in [1.165, 1.54) is 0 Å². The molecule has 88 valence electrons. The van der Waals surface area contributed by atoms with Gasteiger partial charge in [-0.3, -0.25) is 10.8 Å². The van der Waals surface area contributed by atoms with Crippen LogP contribution in [-0.4, -0.2) is 11.5 Å². The summed E-state index contributed by atoms with van der Waals surface area (Å²) < 4.78 is 0. The second-order valence-corrected chi connectivity index (χ2v) is 3.92. The molecule has 1 aromatic rings. The predicted molar refractivity (Wildman–Crippen MR) is 69.8 cm³/mol. The molecule has 0 amide bonds. The fourth-order valence-corrected chi connectivity index (χ4v) is 1.40. The highest BCUT2D eigenvalue weighted by Gasteiger charge is 2.07. The van der Waals surface area contributed by atoms with E-state index in [1.807, 2.05) is 0 Å². The lowest BCUT2D eigenvalue weighted by atomic mass is 10.2. The first kappa shape index (κ1) is 13.3. The van der Waals surface area contributed by atoms with Crippen LogP contribution < -0.4 is 11.2 Å². The van der Waals surface area contributed by atoms with Crippen molar-refractivity contribution in [2.75, 3.05) is 5.43 Å². The molecular weight excluding hydrogens is 261 g/mol. The fraction of sp³-hybridized carbons (Fsp3) is 0.100. The topological polar surface area (TPSA) is 98.0 Å². The Morgan fingerprint density at radius 2 is 2.18 bits per heavy atom. The summed E-state index contributed by atoms with van der Waals surface area (Å²) in [6, 6.07) is 4.97. The number of hydrogen-bond donors (Lipinski definition) is 3. The van der Waals surface area contributed by atoms with Crippen molar-refractivity contribution in [1.29, 1.82) is 10.7 Å². The molecular formula is C10H9Cl2N5. The molecule has 5 nitrogen and oxygen atoms in total. The maximum atomic E-state index is 8.65. The molecule has 1 rings (SSSR count). The van der Waals surface area contributed by atoms with Crippen molar-refractivity contribution in [1.82, 2.24) is 0 Å². The Balaban J connectivity index is 3.02. The van der Waals surface area contributed by atoms with Gasteiger partial charge in [0.05, 0.1) is 15.7 Å². The van der Waals surface area contributed by atoms with Crippen LogP contribution in [-0.2, 0) is 0 Å². The van der Waals surface area contributed by atoms with Gasteiger partial charge in [0, 0.05) is 0 Å². The number of hydrazone groups is 1. The minimum Gasteiger partial charge on any atom is -0.382 e. The number of rotatable bonds is 3. The van der Waals surface area contributed by atoms with E-state index in [0.717, 1.165) is 0 Å².